The molecule has 112 valence electrons. The van der Waals surface area contributed by atoms with Crippen molar-refractivity contribution in [3.63, 3.8) is 0 Å². The maximum absolute atomic E-state index is 13.1. The molecule has 0 radical (unpaired) electrons. The summed E-state index contributed by atoms with van der Waals surface area (Å²) in [5.74, 6) is -4.20. The van der Waals surface area contributed by atoms with Gasteiger partial charge in [0.05, 0.1) is 7.11 Å². The summed E-state index contributed by atoms with van der Waals surface area (Å²) < 4.78 is 43.6. The van der Waals surface area contributed by atoms with Crippen LogP contribution in [0.1, 0.15) is 25.8 Å². The number of hydrogen-bond donors (Lipinski definition) is 1. The zero-order valence-electron chi connectivity index (χ0n) is 11.7. The zero-order valence-corrected chi connectivity index (χ0v) is 11.7. The van der Waals surface area contributed by atoms with Crippen LogP contribution in [0.2, 0.25) is 0 Å². The van der Waals surface area contributed by atoms with Gasteiger partial charge < -0.3 is 10.1 Å². The number of hydrogen-bond acceptors (Lipinski definition) is 3. The Balaban J connectivity index is 2.74. The van der Waals surface area contributed by atoms with E-state index in [0.717, 1.165) is 12.1 Å². The maximum atomic E-state index is 13.1. The van der Waals surface area contributed by atoms with E-state index >= 15 is 0 Å². The monoisotopic (exact) mass is 289 g/mol. The molecule has 1 aromatic carbocycles. The summed E-state index contributed by atoms with van der Waals surface area (Å²) in [6.45, 7) is 3.92. The van der Waals surface area contributed by atoms with Crippen LogP contribution < -0.4 is 5.32 Å². The van der Waals surface area contributed by atoms with Gasteiger partial charge in [-0.25, -0.2) is 13.2 Å². The largest absolute Gasteiger partial charge is 0.468 e. The van der Waals surface area contributed by atoms with Crippen LogP contribution in [-0.2, 0) is 16.1 Å². The lowest BCUT2D eigenvalue weighted by atomic mass is 10.0. The summed E-state index contributed by atoms with van der Waals surface area (Å²) in [5, 5.41) is 2.86. The van der Waals surface area contributed by atoms with E-state index in [-0.39, 0.29) is 18.0 Å². The molecular weight excluding hydrogens is 271 g/mol. The number of halogens is 3. The van der Waals surface area contributed by atoms with Gasteiger partial charge in [-0.15, -0.1) is 0 Å². The first kappa shape index (κ1) is 16.5. The molecule has 20 heavy (non-hydrogen) atoms. The van der Waals surface area contributed by atoms with Gasteiger partial charge in [-0.1, -0.05) is 13.8 Å². The van der Waals surface area contributed by atoms with Crippen molar-refractivity contribution in [2.24, 2.45) is 5.92 Å². The standard InChI is InChI=1S/C14H18F3NO2/c1-8(2)4-12(14(19)20-3)18-7-9-5-10(15)13(17)11(16)6-9/h5-6,8,12,18H,4,7H2,1-3H3. The molecular formula is C14H18F3NO2. The van der Waals surface area contributed by atoms with Gasteiger partial charge in [-0.3, -0.25) is 4.79 Å². The van der Waals surface area contributed by atoms with Crippen molar-refractivity contribution in [1.29, 1.82) is 0 Å². The van der Waals surface area contributed by atoms with E-state index in [4.69, 9.17) is 0 Å². The second-order valence-corrected chi connectivity index (χ2v) is 4.96. The Bertz CT molecular complexity index is 454. The summed E-state index contributed by atoms with van der Waals surface area (Å²) in [6.07, 6.45) is 0.527. The number of nitrogens with one attached hydrogen (secondary N) is 1. The Kier molecular flexibility index (Phi) is 6.01. The Morgan fingerprint density at radius 2 is 1.80 bits per heavy atom. The molecule has 0 aliphatic rings. The molecule has 0 heterocycles. The molecule has 6 heteroatoms. The van der Waals surface area contributed by atoms with Gasteiger partial charge in [0, 0.05) is 6.54 Å². The van der Waals surface area contributed by atoms with E-state index in [2.05, 4.69) is 10.1 Å². The summed E-state index contributed by atoms with van der Waals surface area (Å²) >= 11 is 0. The molecule has 0 bridgehead atoms. The highest BCUT2D eigenvalue weighted by Crippen LogP contribution is 2.14. The number of methoxy groups -OCH3 is 1. The first-order chi connectivity index (χ1) is 9.35. The average Bonchev–Trinajstić information content (AvgIpc) is 2.39. The molecule has 0 fully saturated rings. The van der Waals surface area contributed by atoms with E-state index < -0.39 is 29.5 Å². The average molecular weight is 289 g/mol. The van der Waals surface area contributed by atoms with Crippen LogP contribution in [0.3, 0.4) is 0 Å². The molecule has 3 nitrogen and oxygen atoms in total. The molecule has 1 unspecified atom stereocenters. The van der Waals surface area contributed by atoms with Crippen LogP contribution in [-0.4, -0.2) is 19.1 Å². The molecule has 0 spiro atoms. The lowest BCUT2D eigenvalue weighted by Gasteiger charge is -2.18. The van der Waals surface area contributed by atoms with Crippen molar-refractivity contribution in [3.05, 3.63) is 35.1 Å². The Morgan fingerprint density at radius 3 is 2.25 bits per heavy atom. The van der Waals surface area contributed by atoms with Gasteiger partial charge in [0.25, 0.3) is 0 Å². The van der Waals surface area contributed by atoms with Crippen molar-refractivity contribution < 1.29 is 22.7 Å². The second-order valence-electron chi connectivity index (χ2n) is 4.96. The minimum Gasteiger partial charge on any atom is -0.468 e. The molecule has 0 amide bonds. The van der Waals surface area contributed by atoms with Crippen molar-refractivity contribution in [3.8, 4) is 0 Å². The fraction of sp³-hybridized carbons (Fsp3) is 0.500. The van der Waals surface area contributed by atoms with Crippen molar-refractivity contribution >= 4 is 5.97 Å². The molecule has 0 aromatic heterocycles. The Hall–Kier alpha value is -1.56. The van der Waals surface area contributed by atoms with E-state index in [1.807, 2.05) is 13.8 Å². The maximum Gasteiger partial charge on any atom is 0.322 e. The third-order valence-electron chi connectivity index (χ3n) is 2.79. The Morgan fingerprint density at radius 1 is 1.25 bits per heavy atom. The second kappa shape index (κ2) is 7.28. The predicted molar refractivity (Wildman–Crippen MR) is 68.4 cm³/mol. The van der Waals surface area contributed by atoms with E-state index in [1.165, 1.54) is 7.11 Å². The highest BCUT2D eigenvalue weighted by atomic mass is 19.2. The number of carbonyl (C=O) groups excluding carboxylic acids is 1. The lowest BCUT2D eigenvalue weighted by Crippen LogP contribution is -2.38. The SMILES string of the molecule is COC(=O)C(CC(C)C)NCc1cc(F)c(F)c(F)c1. The first-order valence-corrected chi connectivity index (χ1v) is 6.29. The Labute approximate surface area is 116 Å². The van der Waals surface area contributed by atoms with E-state index in [0.29, 0.717) is 6.42 Å². The van der Waals surface area contributed by atoms with Crippen molar-refractivity contribution in [2.45, 2.75) is 32.9 Å². The molecule has 1 N–H and O–H groups in total. The van der Waals surface area contributed by atoms with Crippen LogP contribution in [0.4, 0.5) is 13.2 Å². The summed E-state index contributed by atoms with van der Waals surface area (Å²) in [5.41, 5.74) is 0.221. The third-order valence-corrected chi connectivity index (χ3v) is 2.79. The van der Waals surface area contributed by atoms with Crippen LogP contribution in [0, 0.1) is 23.4 Å². The van der Waals surface area contributed by atoms with E-state index in [1.54, 1.807) is 0 Å². The van der Waals surface area contributed by atoms with E-state index in [9.17, 15) is 18.0 Å². The third kappa shape index (κ3) is 4.52. The number of benzene rings is 1. The minimum absolute atomic E-state index is 0.0423. The molecule has 0 saturated heterocycles. The highest BCUT2D eigenvalue weighted by Gasteiger charge is 2.20. The number of carbonyl (C=O) groups is 1. The molecule has 1 aromatic rings. The van der Waals surface area contributed by atoms with Crippen LogP contribution >= 0.6 is 0 Å². The fourth-order valence-electron chi connectivity index (χ4n) is 1.83. The highest BCUT2D eigenvalue weighted by molar-refractivity contribution is 5.75. The van der Waals surface area contributed by atoms with Gasteiger partial charge in [0.15, 0.2) is 17.5 Å². The smallest absolute Gasteiger partial charge is 0.322 e. The molecule has 1 rings (SSSR count). The zero-order chi connectivity index (χ0) is 15.3. The normalized spacial score (nSPS) is 12.6. The summed E-state index contributed by atoms with van der Waals surface area (Å²) in [7, 11) is 1.27. The van der Waals surface area contributed by atoms with Crippen LogP contribution in [0.5, 0.6) is 0 Å². The quantitative estimate of drug-likeness (QED) is 0.646. The number of esters is 1. The van der Waals surface area contributed by atoms with Gasteiger partial charge >= 0.3 is 5.97 Å². The van der Waals surface area contributed by atoms with Crippen LogP contribution in [0.15, 0.2) is 12.1 Å². The predicted octanol–water partition coefficient (Wildman–Crippen LogP) is 2.78. The number of ether oxygens (including phenoxy) is 1. The minimum atomic E-state index is -1.50. The summed E-state index contributed by atoms with van der Waals surface area (Å²) in [4.78, 5) is 11.6. The van der Waals surface area contributed by atoms with Gasteiger partial charge in [-0.2, -0.15) is 0 Å². The first-order valence-electron chi connectivity index (χ1n) is 6.29. The molecule has 0 aliphatic carbocycles. The van der Waals surface area contributed by atoms with Crippen molar-refractivity contribution in [1.82, 2.24) is 5.32 Å². The molecule has 0 aliphatic heterocycles. The topological polar surface area (TPSA) is 38.3 Å². The van der Waals surface area contributed by atoms with Gasteiger partial charge in [0.2, 0.25) is 0 Å². The summed E-state index contributed by atoms with van der Waals surface area (Å²) in [6, 6.07) is 1.22. The van der Waals surface area contributed by atoms with Gasteiger partial charge in [-0.05, 0) is 30.0 Å². The number of rotatable bonds is 6. The fourth-order valence-corrected chi connectivity index (χ4v) is 1.83. The van der Waals surface area contributed by atoms with Gasteiger partial charge in [0.1, 0.15) is 6.04 Å². The molecule has 1 atom stereocenters. The van der Waals surface area contributed by atoms with Crippen LogP contribution in [0.25, 0.3) is 0 Å². The lowest BCUT2D eigenvalue weighted by molar-refractivity contribution is -0.143. The molecule has 0 saturated carbocycles. The van der Waals surface area contributed by atoms with Crippen molar-refractivity contribution in [2.75, 3.05) is 7.11 Å².